The number of ether oxygens (including phenoxy) is 2. The predicted molar refractivity (Wildman–Crippen MR) is 171 cm³/mol. The fourth-order valence-corrected chi connectivity index (χ4v) is 6.68. The third-order valence-corrected chi connectivity index (χ3v) is 9.04. The molecule has 4 unspecified atom stereocenters. The smallest absolute Gasteiger partial charge is 0.254 e. The van der Waals surface area contributed by atoms with E-state index in [4.69, 9.17) is 21.1 Å². The van der Waals surface area contributed by atoms with E-state index in [2.05, 4.69) is 15.6 Å². The molecule has 12 heteroatoms. The zero-order valence-corrected chi connectivity index (χ0v) is 26.9. The number of hydrogen-bond acceptors (Lipinski definition) is 6. The monoisotopic (exact) mass is 637 g/mol. The number of fused-ring (bicyclic) bond motifs is 2. The number of rotatable bonds is 9. The summed E-state index contributed by atoms with van der Waals surface area (Å²) in [6.45, 7) is 6.86. The van der Waals surface area contributed by atoms with Gasteiger partial charge in [0.25, 0.3) is 5.91 Å². The quantitative estimate of drug-likeness (QED) is 0.329. The van der Waals surface area contributed by atoms with Crippen molar-refractivity contribution in [1.29, 1.82) is 0 Å². The van der Waals surface area contributed by atoms with Crippen LogP contribution < -0.4 is 20.1 Å². The van der Waals surface area contributed by atoms with Crippen LogP contribution in [0.5, 0.6) is 11.5 Å². The molecule has 45 heavy (non-hydrogen) atoms. The molecule has 0 radical (unpaired) electrons. The van der Waals surface area contributed by atoms with Crippen molar-refractivity contribution in [3.05, 3.63) is 58.7 Å². The Hall–Kier alpha value is -4.25. The van der Waals surface area contributed by atoms with Gasteiger partial charge in [0.1, 0.15) is 0 Å². The van der Waals surface area contributed by atoms with E-state index >= 15 is 0 Å². The lowest BCUT2D eigenvalue weighted by atomic mass is 9.78. The van der Waals surface area contributed by atoms with Gasteiger partial charge in [0, 0.05) is 60.9 Å². The first-order valence-corrected chi connectivity index (χ1v) is 15.6. The summed E-state index contributed by atoms with van der Waals surface area (Å²) >= 11 is 6.16. The van der Waals surface area contributed by atoms with Crippen LogP contribution in [-0.2, 0) is 14.4 Å². The summed E-state index contributed by atoms with van der Waals surface area (Å²) in [5.74, 6) is -1.30. The van der Waals surface area contributed by atoms with E-state index in [-0.39, 0.29) is 54.7 Å². The highest BCUT2D eigenvalue weighted by molar-refractivity contribution is 6.31. The number of H-pyrrole nitrogens is 1. The highest BCUT2D eigenvalue weighted by atomic mass is 35.5. The maximum absolute atomic E-state index is 14.0. The molecule has 2 aromatic carbocycles. The molecule has 2 fully saturated rings. The van der Waals surface area contributed by atoms with Crippen LogP contribution in [0.25, 0.3) is 10.9 Å². The van der Waals surface area contributed by atoms with Crippen molar-refractivity contribution in [2.24, 2.45) is 17.8 Å². The summed E-state index contributed by atoms with van der Waals surface area (Å²) in [4.78, 5) is 59.8. The summed E-state index contributed by atoms with van der Waals surface area (Å²) in [5.41, 5.74) is 2.13. The molecule has 5 rings (SSSR count). The molecule has 2 aliphatic rings. The van der Waals surface area contributed by atoms with Crippen LogP contribution in [0, 0.1) is 17.8 Å². The molecule has 0 spiro atoms. The number of nitrogens with zero attached hydrogens (tertiary/aromatic N) is 2. The van der Waals surface area contributed by atoms with Crippen LogP contribution in [0.15, 0.2) is 42.6 Å². The van der Waals surface area contributed by atoms with Crippen LogP contribution in [0.4, 0.5) is 0 Å². The largest absolute Gasteiger partial charge is 0.493 e. The second-order valence-corrected chi connectivity index (χ2v) is 12.5. The summed E-state index contributed by atoms with van der Waals surface area (Å²) in [6.07, 6.45) is 1.77. The molecule has 4 amide bonds. The van der Waals surface area contributed by atoms with Gasteiger partial charge in [0.15, 0.2) is 11.5 Å². The Morgan fingerprint density at radius 3 is 2.47 bits per heavy atom. The van der Waals surface area contributed by atoms with Crippen LogP contribution in [0.3, 0.4) is 0 Å². The fourth-order valence-electron chi connectivity index (χ4n) is 6.51. The second-order valence-electron chi connectivity index (χ2n) is 12.1. The minimum absolute atomic E-state index is 0.0588. The molecular formula is C33H40ClN5O6. The Balaban J connectivity index is 1.38. The Bertz CT molecular complexity index is 1610. The zero-order chi connectivity index (χ0) is 32.4. The SMILES string of the molecule is CNC(=O)CNC(=O)C1CN(C(=O)C(C)c2c[nH]c3cc(Cl)ccc23)CC2CN(C(=O)c3ccc(OC(C)C)c(OC)c3)CC21. The van der Waals surface area contributed by atoms with E-state index < -0.39 is 11.8 Å². The lowest BCUT2D eigenvalue weighted by molar-refractivity contribution is -0.140. The van der Waals surface area contributed by atoms with Crippen molar-refractivity contribution in [3.8, 4) is 11.5 Å². The molecule has 3 heterocycles. The average molecular weight is 638 g/mol. The van der Waals surface area contributed by atoms with Gasteiger partial charge in [-0.3, -0.25) is 19.2 Å². The van der Waals surface area contributed by atoms with Gasteiger partial charge in [-0.25, -0.2) is 0 Å². The molecule has 11 nitrogen and oxygen atoms in total. The van der Waals surface area contributed by atoms with Crippen LogP contribution in [-0.4, -0.2) is 91.4 Å². The van der Waals surface area contributed by atoms with Crippen LogP contribution >= 0.6 is 11.6 Å². The normalized spacial score (nSPS) is 20.1. The van der Waals surface area contributed by atoms with Crippen molar-refractivity contribution in [2.45, 2.75) is 32.8 Å². The topological polar surface area (TPSA) is 133 Å². The molecule has 2 aliphatic heterocycles. The number of aromatic nitrogens is 1. The number of halogens is 1. The molecule has 4 atom stereocenters. The highest BCUT2D eigenvalue weighted by Gasteiger charge is 2.48. The Kier molecular flexibility index (Phi) is 9.57. The predicted octanol–water partition coefficient (Wildman–Crippen LogP) is 3.43. The van der Waals surface area contributed by atoms with E-state index in [1.807, 2.05) is 39.1 Å². The third-order valence-electron chi connectivity index (χ3n) is 8.80. The molecule has 240 valence electrons. The van der Waals surface area contributed by atoms with Gasteiger partial charge in [0.05, 0.1) is 31.6 Å². The maximum atomic E-state index is 14.0. The van der Waals surface area contributed by atoms with Gasteiger partial charge >= 0.3 is 0 Å². The average Bonchev–Trinajstić information content (AvgIpc) is 3.66. The first-order valence-electron chi connectivity index (χ1n) is 15.2. The molecule has 3 N–H and O–H groups in total. The zero-order valence-electron chi connectivity index (χ0n) is 26.2. The van der Waals surface area contributed by atoms with E-state index in [0.29, 0.717) is 41.7 Å². The number of likely N-dealkylation sites (tertiary alicyclic amines) is 2. The standard InChI is InChI=1S/C33H40ClN5O6/c1-18(2)45-28-9-6-20(10-29(28)44-5)33(43)39-15-21-14-38(17-26(25(21)16-39)31(41)37-13-30(40)35-4)32(42)19(3)24-12-36-27-11-22(34)7-8-23(24)27/h6-12,18-19,21,25-26,36H,13-17H2,1-5H3,(H,35,40)(H,37,41). The number of likely N-dealkylation sites (N-methyl/N-ethyl adjacent to an activating group) is 1. The number of carbonyl (C=O) groups excluding carboxylic acids is 4. The minimum Gasteiger partial charge on any atom is -0.493 e. The molecule has 3 aromatic rings. The number of nitrogens with one attached hydrogen (secondary N) is 3. The van der Waals surface area contributed by atoms with Gasteiger partial charge in [-0.15, -0.1) is 0 Å². The molecule has 0 saturated carbocycles. The van der Waals surface area contributed by atoms with Gasteiger partial charge in [-0.2, -0.15) is 0 Å². The van der Waals surface area contributed by atoms with E-state index in [1.165, 1.54) is 14.2 Å². The second kappa shape index (κ2) is 13.4. The Labute approximate surface area is 267 Å². The molecule has 1 aromatic heterocycles. The van der Waals surface area contributed by atoms with Crippen molar-refractivity contribution in [3.63, 3.8) is 0 Å². The number of methoxy groups -OCH3 is 1. The maximum Gasteiger partial charge on any atom is 0.254 e. The summed E-state index contributed by atoms with van der Waals surface area (Å²) < 4.78 is 11.3. The van der Waals surface area contributed by atoms with Crippen molar-refractivity contribution >= 4 is 46.1 Å². The first kappa shape index (κ1) is 32.2. The molecular weight excluding hydrogens is 598 g/mol. The van der Waals surface area contributed by atoms with Crippen molar-refractivity contribution < 1.29 is 28.7 Å². The van der Waals surface area contributed by atoms with Crippen LogP contribution in [0.2, 0.25) is 5.02 Å². The minimum atomic E-state index is -0.597. The Morgan fingerprint density at radius 2 is 1.76 bits per heavy atom. The number of aromatic amines is 1. The number of carbonyl (C=O) groups is 4. The third kappa shape index (κ3) is 6.73. The van der Waals surface area contributed by atoms with Gasteiger partial charge in [-0.05, 0) is 68.5 Å². The van der Waals surface area contributed by atoms with E-state index in [9.17, 15) is 19.2 Å². The number of piperidine rings is 1. The van der Waals surface area contributed by atoms with Gasteiger partial charge in [0.2, 0.25) is 17.7 Å². The van der Waals surface area contributed by atoms with Crippen molar-refractivity contribution in [2.75, 3.05) is 46.9 Å². The fraction of sp³-hybridized carbons (Fsp3) is 0.455. The molecule has 0 aliphatic carbocycles. The lowest BCUT2D eigenvalue weighted by Gasteiger charge is -2.40. The number of benzene rings is 2. The van der Waals surface area contributed by atoms with Crippen molar-refractivity contribution in [1.82, 2.24) is 25.4 Å². The Morgan fingerprint density at radius 1 is 1.00 bits per heavy atom. The molecule has 2 saturated heterocycles. The summed E-state index contributed by atoms with van der Waals surface area (Å²) in [5, 5.41) is 6.75. The lowest BCUT2D eigenvalue weighted by Crippen LogP contribution is -2.54. The number of hydrogen-bond donors (Lipinski definition) is 3. The van der Waals surface area contributed by atoms with E-state index in [1.54, 1.807) is 34.1 Å². The van der Waals surface area contributed by atoms with Crippen LogP contribution in [0.1, 0.15) is 42.6 Å². The molecule has 0 bridgehead atoms. The summed E-state index contributed by atoms with van der Waals surface area (Å²) in [7, 11) is 3.03. The van der Waals surface area contributed by atoms with Gasteiger partial charge < -0.3 is 34.9 Å². The number of amides is 4. The highest BCUT2D eigenvalue weighted by Crippen LogP contribution is 2.38. The first-order chi connectivity index (χ1) is 21.5. The van der Waals surface area contributed by atoms with Gasteiger partial charge in [-0.1, -0.05) is 17.7 Å². The summed E-state index contributed by atoms with van der Waals surface area (Å²) in [6, 6.07) is 10.6. The van der Waals surface area contributed by atoms with E-state index in [0.717, 1.165) is 16.5 Å².